The van der Waals surface area contributed by atoms with E-state index in [0.717, 1.165) is 5.82 Å². The Kier molecular flexibility index (Phi) is 3.61. The number of hydrogen-bond acceptors (Lipinski definition) is 2. The number of H-pyrrole nitrogens is 1. The average molecular weight is 265 g/mol. The summed E-state index contributed by atoms with van der Waals surface area (Å²) in [6, 6.07) is 6.58. The molecule has 3 nitrogen and oxygen atoms in total. The predicted molar refractivity (Wildman–Crippen MR) is 71.7 cm³/mol. The number of aromatic nitrogens is 3. The van der Waals surface area contributed by atoms with E-state index in [4.69, 9.17) is 12.2 Å². The molecule has 1 N–H and O–H groups in total. The van der Waals surface area contributed by atoms with Gasteiger partial charge in [-0.15, -0.1) is 0 Å². The summed E-state index contributed by atoms with van der Waals surface area (Å²) in [4.78, 5) is 0. The summed E-state index contributed by atoms with van der Waals surface area (Å²) < 4.78 is 16.2. The Hall–Kier alpha value is -1.49. The van der Waals surface area contributed by atoms with E-state index >= 15 is 0 Å². The average Bonchev–Trinajstić information content (AvgIpc) is 2.71. The molecule has 0 saturated carbocycles. The molecule has 1 heterocycles. The second kappa shape index (κ2) is 5.02. The fourth-order valence-electron chi connectivity index (χ4n) is 2.05. The van der Waals surface area contributed by atoms with Crippen LogP contribution < -0.4 is 0 Å². The Morgan fingerprint density at radius 2 is 1.94 bits per heavy atom. The van der Waals surface area contributed by atoms with Crippen molar-refractivity contribution in [2.75, 3.05) is 0 Å². The number of benzene rings is 1. The molecule has 2 aromatic rings. The molecule has 0 bridgehead atoms. The van der Waals surface area contributed by atoms with Crippen LogP contribution in [0.4, 0.5) is 4.39 Å². The van der Waals surface area contributed by atoms with Crippen LogP contribution in [0.2, 0.25) is 0 Å². The summed E-state index contributed by atoms with van der Waals surface area (Å²) in [5, 5.41) is 7.00. The zero-order chi connectivity index (χ0) is 13.3. The Bertz CT molecular complexity index is 600. The lowest BCUT2D eigenvalue weighted by Crippen LogP contribution is -2.13. The normalized spacial score (nSPS) is 12.9. The van der Waals surface area contributed by atoms with Crippen molar-refractivity contribution in [3.63, 3.8) is 0 Å². The minimum atomic E-state index is -0.220. The molecule has 1 unspecified atom stereocenters. The van der Waals surface area contributed by atoms with Crippen LogP contribution in [-0.2, 0) is 0 Å². The molecule has 96 valence electrons. The van der Waals surface area contributed by atoms with Gasteiger partial charge in [0.1, 0.15) is 11.6 Å². The SMILES string of the molecule is CC(C)c1n[nH]c(=S)n1C(C)c1ccccc1F. The summed E-state index contributed by atoms with van der Waals surface area (Å²) in [6.45, 7) is 6.00. The van der Waals surface area contributed by atoms with Crippen LogP contribution in [0, 0.1) is 10.6 Å². The minimum Gasteiger partial charge on any atom is -0.296 e. The molecule has 2 rings (SSSR count). The van der Waals surface area contributed by atoms with Gasteiger partial charge >= 0.3 is 0 Å². The van der Waals surface area contributed by atoms with E-state index in [-0.39, 0.29) is 17.8 Å². The van der Waals surface area contributed by atoms with Crippen LogP contribution in [0.5, 0.6) is 0 Å². The van der Waals surface area contributed by atoms with E-state index in [9.17, 15) is 4.39 Å². The third kappa shape index (κ3) is 2.22. The van der Waals surface area contributed by atoms with Crippen molar-refractivity contribution in [3.05, 3.63) is 46.2 Å². The number of nitrogens with zero attached hydrogens (tertiary/aromatic N) is 2. The maximum Gasteiger partial charge on any atom is 0.195 e. The zero-order valence-electron chi connectivity index (χ0n) is 10.6. The number of nitrogens with one attached hydrogen (secondary N) is 1. The highest BCUT2D eigenvalue weighted by atomic mass is 32.1. The summed E-state index contributed by atoms with van der Waals surface area (Å²) in [6.07, 6.45) is 0. The highest BCUT2D eigenvalue weighted by Gasteiger charge is 2.18. The zero-order valence-corrected chi connectivity index (χ0v) is 11.5. The molecule has 1 aromatic carbocycles. The lowest BCUT2D eigenvalue weighted by Gasteiger charge is -2.18. The third-order valence-corrected chi connectivity index (χ3v) is 3.28. The van der Waals surface area contributed by atoms with Crippen LogP contribution in [0.25, 0.3) is 0 Å². The number of hydrogen-bond donors (Lipinski definition) is 1. The standard InChI is InChI=1S/C13H16FN3S/c1-8(2)12-15-16-13(18)17(12)9(3)10-6-4-5-7-11(10)14/h4-9H,1-3H3,(H,16,18). The second-order valence-electron chi connectivity index (χ2n) is 4.61. The van der Waals surface area contributed by atoms with Crippen molar-refractivity contribution < 1.29 is 4.39 Å². The van der Waals surface area contributed by atoms with Gasteiger partial charge in [-0.1, -0.05) is 32.0 Å². The maximum atomic E-state index is 13.8. The van der Waals surface area contributed by atoms with Crippen molar-refractivity contribution >= 4 is 12.2 Å². The molecule has 0 saturated heterocycles. The van der Waals surface area contributed by atoms with Gasteiger partial charge in [0.05, 0.1) is 6.04 Å². The molecule has 0 aliphatic carbocycles. The van der Waals surface area contributed by atoms with E-state index < -0.39 is 0 Å². The van der Waals surface area contributed by atoms with Crippen molar-refractivity contribution in [2.24, 2.45) is 0 Å². The summed E-state index contributed by atoms with van der Waals surface area (Å²) >= 11 is 5.23. The molecule has 0 radical (unpaired) electrons. The van der Waals surface area contributed by atoms with Crippen molar-refractivity contribution in [1.82, 2.24) is 14.8 Å². The van der Waals surface area contributed by atoms with Gasteiger partial charge in [0.15, 0.2) is 4.77 Å². The van der Waals surface area contributed by atoms with Gasteiger partial charge in [-0.25, -0.2) is 4.39 Å². The quantitative estimate of drug-likeness (QED) is 0.856. The number of rotatable bonds is 3. The maximum absolute atomic E-state index is 13.8. The lowest BCUT2D eigenvalue weighted by atomic mass is 10.1. The van der Waals surface area contributed by atoms with Crippen molar-refractivity contribution in [1.29, 1.82) is 0 Å². The van der Waals surface area contributed by atoms with E-state index in [1.807, 2.05) is 31.4 Å². The molecule has 1 atom stereocenters. The number of aromatic amines is 1. The molecule has 0 spiro atoms. The molecule has 5 heteroatoms. The first-order valence-corrected chi connectivity index (χ1v) is 6.34. The third-order valence-electron chi connectivity index (χ3n) is 2.99. The molecule has 0 aliphatic heterocycles. The van der Waals surface area contributed by atoms with Crippen LogP contribution in [0.1, 0.15) is 44.1 Å². The van der Waals surface area contributed by atoms with E-state index in [1.165, 1.54) is 6.07 Å². The smallest absolute Gasteiger partial charge is 0.195 e. The van der Waals surface area contributed by atoms with Crippen LogP contribution >= 0.6 is 12.2 Å². The molecule has 0 fully saturated rings. The van der Waals surface area contributed by atoms with Crippen molar-refractivity contribution in [2.45, 2.75) is 32.7 Å². The largest absolute Gasteiger partial charge is 0.296 e. The van der Waals surface area contributed by atoms with E-state index in [2.05, 4.69) is 10.2 Å². The van der Waals surface area contributed by atoms with Crippen LogP contribution in [-0.4, -0.2) is 14.8 Å². The first-order chi connectivity index (χ1) is 8.52. The fraction of sp³-hybridized carbons (Fsp3) is 0.385. The van der Waals surface area contributed by atoms with Crippen molar-refractivity contribution in [3.8, 4) is 0 Å². The second-order valence-corrected chi connectivity index (χ2v) is 5.00. The summed E-state index contributed by atoms with van der Waals surface area (Å²) in [7, 11) is 0. The molecule has 18 heavy (non-hydrogen) atoms. The van der Waals surface area contributed by atoms with E-state index in [1.54, 1.807) is 12.1 Å². The number of halogens is 1. The van der Waals surface area contributed by atoms with E-state index in [0.29, 0.717) is 10.3 Å². The fourth-order valence-corrected chi connectivity index (χ4v) is 2.35. The summed E-state index contributed by atoms with van der Waals surface area (Å²) in [5.74, 6) is 0.853. The van der Waals surface area contributed by atoms with Crippen LogP contribution in [0.3, 0.4) is 0 Å². The lowest BCUT2D eigenvalue weighted by molar-refractivity contribution is 0.530. The highest BCUT2D eigenvalue weighted by molar-refractivity contribution is 7.71. The Morgan fingerprint density at radius 1 is 1.28 bits per heavy atom. The van der Waals surface area contributed by atoms with Gasteiger partial charge in [0, 0.05) is 11.5 Å². The predicted octanol–water partition coefficient (Wildman–Crippen LogP) is 3.81. The topological polar surface area (TPSA) is 33.6 Å². The molecule has 0 aliphatic rings. The molecular weight excluding hydrogens is 249 g/mol. The van der Waals surface area contributed by atoms with Gasteiger partial charge in [-0.3, -0.25) is 9.67 Å². The summed E-state index contributed by atoms with van der Waals surface area (Å²) in [5.41, 5.74) is 0.622. The van der Waals surface area contributed by atoms with Crippen LogP contribution in [0.15, 0.2) is 24.3 Å². The first-order valence-electron chi connectivity index (χ1n) is 5.93. The van der Waals surface area contributed by atoms with Gasteiger partial charge in [0.25, 0.3) is 0 Å². The Balaban J connectivity index is 2.53. The highest BCUT2D eigenvalue weighted by Crippen LogP contribution is 2.24. The minimum absolute atomic E-state index is 0.171. The first kappa shape index (κ1) is 13.0. The van der Waals surface area contributed by atoms with Gasteiger partial charge in [0.2, 0.25) is 0 Å². The Labute approximate surface area is 111 Å². The monoisotopic (exact) mass is 265 g/mol. The van der Waals surface area contributed by atoms with Gasteiger partial charge < -0.3 is 0 Å². The molecule has 0 amide bonds. The van der Waals surface area contributed by atoms with Gasteiger partial charge in [-0.05, 0) is 25.2 Å². The molecule has 1 aromatic heterocycles. The molecular formula is C13H16FN3S. The van der Waals surface area contributed by atoms with Gasteiger partial charge in [-0.2, -0.15) is 5.10 Å². The Morgan fingerprint density at radius 3 is 2.56 bits per heavy atom.